The SMILES string of the molecule is Cc1cncc(NS(=O)(=O)C(C)CNC(C)C)c1. The number of hydrogen-bond acceptors (Lipinski definition) is 4. The first-order chi connectivity index (χ1) is 8.31. The summed E-state index contributed by atoms with van der Waals surface area (Å²) in [5.74, 6) is 0. The van der Waals surface area contributed by atoms with Gasteiger partial charge in [0.2, 0.25) is 10.0 Å². The maximum Gasteiger partial charge on any atom is 0.236 e. The third-order valence-electron chi connectivity index (χ3n) is 2.48. The second-order valence-corrected chi connectivity index (χ2v) is 6.87. The van der Waals surface area contributed by atoms with Crippen LogP contribution in [0.25, 0.3) is 0 Å². The van der Waals surface area contributed by atoms with Gasteiger partial charge in [-0.05, 0) is 25.5 Å². The third kappa shape index (κ3) is 4.62. The molecular formula is C12H21N3O2S. The second kappa shape index (κ2) is 6.15. The van der Waals surface area contributed by atoms with E-state index in [1.807, 2.05) is 20.8 Å². The van der Waals surface area contributed by atoms with Gasteiger partial charge in [-0.1, -0.05) is 13.8 Å². The standard InChI is InChI=1S/C12H21N3O2S/c1-9(2)14-7-11(4)18(16,17)15-12-5-10(3)6-13-8-12/h5-6,8-9,11,14-15H,7H2,1-4H3. The van der Waals surface area contributed by atoms with Gasteiger partial charge in [-0.15, -0.1) is 0 Å². The second-order valence-electron chi connectivity index (χ2n) is 4.77. The average Bonchev–Trinajstić information content (AvgIpc) is 2.25. The number of pyridine rings is 1. The zero-order chi connectivity index (χ0) is 13.8. The fraction of sp³-hybridized carbons (Fsp3) is 0.583. The van der Waals surface area contributed by atoms with E-state index < -0.39 is 15.3 Å². The van der Waals surface area contributed by atoms with Crippen LogP contribution < -0.4 is 10.0 Å². The fourth-order valence-corrected chi connectivity index (χ4v) is 2.34. The normalized spacial score (nSPS) is 13.6. The molecule has 1 aromatic heterocycles. The highest BCUT2D eigenvalue weighted by Gasteiger charge is 2.20. The highest BCUT2D eigenvalue weighted by Crippen LogP contribution is 2.12. The van der Waals surface area contributed by atoms with Crippen LogP contribution in [-0.2, 0) is 10.0 Å². The molecule has 102 valence electrons. The van der Waals surface area contributed by atoms with Crippen molar-refractivity contribution in [2.45, 2.75) is 39.0 Å². The third-order valence-corrected chi connectivity index (χ3v) is 4.22. The zero-order valence-corrected chi connectivity index (χ0v) is 12.1. The maximum atomic E-state index is 12.0. The Labute approximate surface area is 109 Å². The Morgan fingerprint density at radius 3 is 2.50 bits per heavy atom. The summed E-state index contributed by atoms with van der Waals surface area (Å²) in [6.45, 7) is 7.94. The lowest BCUT2D eigenvalue weighted by molar-refractivity contribution is 0.553. The van der Waals surface area contributed by atoms with Crippen LogP contribution >= 0.6 is 0 Å². The summed E-state index contributed by atoms with van der Waals surface area (Å²) >= 11 is 0. The summed E-state index contributed by atoms with van der Waals surface area (Å²) in [6.07, 6.45) is 3.19. The molecule has 0 spiro atoms. The molecule has 0 aliphatic carbocycles. The fourth-order valence-electron chi connectivity index (χ4n) is 1.39. The van der Waals surface area contributed by atoms with Crippen LogP contribution in [-0.4, -0.2) is 31.2 Å². The Hall–Kier alpha value is -1.14. The van der Waals surface area contributed by atoms with Gasteiger partial charge in [0, 0.05) is 18.8 Å². The first kappa shape index (κ1) is 14.9. The monoisotopic (exact) mass is 271 g/mol. The molecule has 0 saturated carbocycles. The lowest BCUT2D eigenvalue weighted by Crippen LogP contribution is -2.37. The molecule has 0 saturated heterocycles. The van der Waals surface area contributed by atoms with Gasteiger partial charge in [-0.3, -0.25) is 9.71 Å². The Morgan fingerprint density at radius 1 is 1.28 bits per heavy atom. The number of nitrogens with one attached hydrogen (secondary N) is 2. The van der Waals surface area contributed by atoms with Crippen LogP contribution in [0, 0.1) is 6.92 Å². The Morgan fingerprint density at radius 2 is 1.94 bits per heavy atom. The van der Waals surface area contributed by atoms with Gasteiger partial charge in [0.15, 0.2) is 0 Å². The first-order valence-electron chi connectivity index (χ1n) is 5.98. The Balaban J connectivity index is 2.69. The molecule has 0 aliphatic heterocycles. The number of rotatable bonds is 6. The van der Waals surface area contributed by atoms with E-state index >= 15 is 0 Å². The van der Waals surface area contributed by atoms with Gasteiger partial charge in [0.05, 0.1) is 17.1 Å². The van der Waals surface area contributed by atoms with Crippen LogP contribution in [0.4, 0.5) is 5.69 Å². The van der Waals surface area contributed by atoms with E-state index in [9.17, 15) is 8.42 Å². The molecule has 5 nitrogen and oxygen atoms in total. The van der Waals surface area contributed by atoms with Crippen molar-refractivity contribution >= 4 is 15.7 Å². The molecule has 0 aliphatic rings. The zero-order valence-electron chi connectivity index (χ0n) is 11.3. The van der Waals surface area contributed by atoms with E-state index in [4.69, 9.17) is 0 Å². The number of anilines is 1. The van der Waals surface area contributed by atoms with Gasteiger partial charge in [0.1, 0.15) is 0 Å². The van der Waals surface area contributed by atoms with E-state index in [0.717, 1.165) is 5.56 Å². The van der Waals surface area contributed by atoms with E-state index in [1.54, 1.807) is 19.2 Å². The lowest BCUT2D eigenvalue weighted by atomic mass is 10.3. The number of nitrogens with zero attached hydrogens (tertiary/aromatic N) is 1. The summed E-state index contributed by atoms with van der Waals surface area (Å²) in [5, 5.41) is 2.61. The molecule has 18 heavy (non-hydrogen) atoms. The molecular weight excluding hydrogens is 250 g/mol. The Kier molecular flexibility index (Phi) is 5.10. The topological polar surface area (TPSA) is 71.1 Å². The van der Waals surface area contributed by atoms with Crippen LogP contribution in [0.15, 0.2) is 18.5 Å². The maximum absolute atomic E-state index is 12.0. The molecule has 0 bridgehead atoms. The van der Waals surface area contributed by atoms with Crippen LogP contribution in [0.5, 0.6) is 0 Å². The molecule has 1 heterocycles. The molecule has 1 aromatic rings. The summed E-state index contributed by atoms with van der Waals surface area (Å²) in [5.41, 5.74) is 1.43. The first-order valence-corrected chi connectivity index (χ1v) is 7.52. The molecule has 6 heteroatoms. The molecule has 0 aromatic carbocycles. The summed E-state index contributed by atoms with van der Waals surface area (Å²) in [6, 6.07) is 2.02. The van der Waals surface area contributed by atoms with Crippen LogP contribution in [0.3, 0.4) is 0 Å². The number of hydrogen-bond donors (Lipinski definition) is 2. The van der Waals surface area contributed by atoms with Crippen molar-refractivity contribution in [3.05, 3.63) is 24.0 Å². The summed E-state index contributed by atoms with van der Waals surface area (Å²) < 4.78 is 26.6. The van der Waals surface area contributed by atoms with E-state index in [2.05, 4.69) is 15.0 Å². The number of aromatic nitrogens is 1. The Bertz CT molecular complexity index is 486. The minimum atomic E-state index is -3.38. The van der Waals surface area contributed by atoms with E-state index in [-0.39, 0.29) is 6.04 Å². The molecule has 0 fully saturated rings. The van der Waals surface area contributed by atoms with Crippen molar-refractivity contribution < 1.29 is 8.42 Å². The van der Waals surface area contributed by atoms with Crippen molar-refractivity contribution in [3.8, 4) is 0 Å². The van der Waals surface area contributed by atoms with Gasteiger partial charge in [-0.2, -0.15) is 0 Å². The highest BCUT2D eigenvalue weighted by molar-refractivity contribution is 7.93. The van der Waals surface area contributed by atoms with Gasteiger partial charge >= 0.3 is 0 Å². The van der Waals surface area contributed by atoms with Crippen molar-refractivity contribution in [3.63, 3.8) is 0 Å². The summed E-state index contributed by atoms with van der Waals surface area (Å²) in [7, 11) is -3.38. The molecule has 0 amide bonds. The molecule has 0 radical (unpaired) electrons. The number of sulfonamides is 1. The van der Waals surface area contributed by atoms with E-state index in [1.165, 1.54) is 6.20 Å². The van der Waals surface area contributed by atoms with Crippen molar-refractivity contribution in [1.82, 2.24) is 10.3 Å². The van der Waals surface area contributed by atoms with Gasteiger partial charge in [0.25, 0.3) is 0 Å². The smallest absolute Gasteiger partial charge is 0.236 e. The van der Waals surface area contributed by atoms with Crippen molar-refractivity contribution in [1.29, 1.82) is 0 Å². The van der Waals surface area contributed by atoms with Crippen molar-refractivity contribution in [2.75, 3.05) is 11.3 Å². The van der Waals surface area contributed by atoms with Crippen LogP contribution in [0.1, 0.15) is 26.3 Å². The molecule has 1 unspecified atom stereocenters. The minimum absolute atomic E-state index is 0.267. The van der Waals surface area contributed by atoms with Crippen LogP contribution in [0.2, 0.25) is 0 Å². The molecule has 2 N–H and O–H groups in total. The predicted molar refractivity (Wildman–Crippen MR) is 74.1 cm³/mol. The average molecular weight is 271 g/mol. The van der Waals surface area contributed by atoms with Crippen molar-refractivity contribution in [2.24, 2.45) is 0 Å². The quantitative estimate of drug-likeness (QED) is 0.823. The molecule has 1 atom stereocenters. The lowest BCUT2D eigenvalue weighted by Gasteiger charge is -2.17. The molecule has 1 rings (SSSR count). The highest BCUT2D eigenvalue weighted by atomic mass is 32.2. The van der Waals surface area contributed by atoms with Gasteiger partial charge < -0.3 is 5.32 Å². The van der Waals surface area contributed by atoms with Gasteiger partial charge in [-0.25, -0.2) is 8.42 Å². The predicted octanol–water partition coefficient (Wildman–Crippen LogP) is 1.52. The van der Waals surface area contributed by atoms with E-state index in [0.29, 0.717) is 12.2 Å². The minimum Gasteiger partial charge on any atom is -0.313 e. The largest absolute Gasteiger partial charge is 0.313 e. The summed E-state index contributed by atoms with van der Waals surface area (Å²) in [4.78, 5) is 3.96. The number of aryl methyl sites for hydroxylation is 1.